The van der Waals surface area contributed by atoms with Gasteiger partial charge in [0.1, 0.15) is 6.29 Å². The maximum Gasteiger partial charge on any atom is 0.270 e. The van der Waals surface area contributed by atoms with Crippen LogP contribution in [0.25, 0.3) is 6.08 Å². The third-order valence-corrected chi connectivity index (χ3v) is 4.90. The maximum absolute atomic E-state index is 10.4. The Balaban J connectivity index is 0.000000521. The van der Waals surface area contributed by atoms with Gasteiger partial charge in [0.25, 0.3) is 11.4 Å². The van der Waals surface area contributed by atoms with Crippen LogP contribution in [0, 0.1) is 20.2 Å². The molecule has 0 amide bonds. The Hall–Kier alpha value is -4.59. The van der Waals surface area contributed by atoms with Crippen LogP contribution in [0.2, 0.25) is 0 Å². The number of non-ortho nitro benzene ring substituents is 2. The molecule has 0 aromatic heterocycles. The Bertz CT molecular complexity index is 1190. The molecule has 0 saturated carbocycles. The van der Waals surface area contributed by atoms with E-state index >= 15 is 0 Å². The van der Waals surface area contributed by atoms with Gasteiger partial charge in [-0.1, -0.05) is 81.8 Å². The summed E-state index contributed by atoms with van der Waals surface area (Å²) in [7, 11) is 0. The van der Waals surface area contributed by atoms with Gasteiger partial charge in [0.2, 0.25) is 0 Å². The molecular weight excluding hydrogens is 494 g/mol. The first-order valence-electron chi connectivity index (χ1n) is 12.8. The minimum atomic E-state index is -0.535. The van der Waals surface area contributed by atoms with E-state index in [1.165, 1.54) is 48.7 Å². The summed E-state index contributed by atoms with van der Waals surface area (Å²) in [5.41, 5.74) is 9.12. The minimum absolute atomic E-state index is 0.0606. The predicted octanol–water partition coefficient (Wildman–Crippen LogP) is 8.62. The van der Waals surface area contributed by atoms with E-state index < -0.39 is 4.92 Å². The van der Waals surface area contributed by atoms with Crippen LogP contribution in [0.3, 0.4) is 0 Å². The van der Waals surface area contributed by atoms with E-state index in [4.69, 9.17) is 5.73 Å². The van der Waals surface area contributed by atoms with Crippen molar-refractivity contribution in [3.8, 4) is 0 Å². The zero-order valence-corrected chi connectivity index (χ0v) is 23.0. The quantitative estimate of drug-likeness (QED) is 0.0963. The van der Waals surface area contributed by atoms with Crippen molar-refractivity contribution in [2.45, 2.75) is 52.9 Å². The van der Waals surface area contributed by atoms with Crippen molar-refractivity contribution in [3.63, 3.8) is 0 Å². The Morgan fingerprint density at radius 2 is 1.36 bits per heavy atom. The molecular formula is C31H39N3O5. The van der Waals surface area contributed by atoms with Gasteiger partial charge < -0.3 is 5.73 Å². The van der Waals surface area contributed by atoms with Gasteiger partial charge in [-0.3, -0.25) is 25.0 Å². The van der Waals surface area contributed by atoms with Crippen molar-refractivity contribution in [1.29, 1.82) is 0 Å². The molecule has 0 atom stereocenters. The highest BCUT2D eigenvalue weighted by molar-refractivity contribution is 5.75. The maximum atomic E-state index is 10.4. The Labute approximate surface area is 231 Å². The van der Waals surface area contributed by atoms with E-state index in [0.717, 1.165) is 30.5 Å². The second-order valence-corrected chi connectivity index (χ2v) is 8.18. The molecule has 208 valence electrons. The fourth-order valence-electron chi connectivity index (χ4n) is 2.84. The number of nitro groups is 2. The van der Waals surface area contributed by atoms with Crippen molar-refractivity contribution in [2.75, 3.05) is 5.73 Å². The number of nitrogens with zero attached hydrogens (tertiary/aromatic N) is 2. The second-order valence-electron chi connectivity index (χ2n) is 8.18. The molecule has 3 aromatic rings. The number of unbranched alkanes of at least 4 members (excludes halogenated alkanes) is 1. The number of nitro benzene ring substituents is 2. The summed E-state index contributed by atoms with van der Waals surface area (Å²) in [5, 5.41) is 20.6. The lowest BCUT2D eigenvalue weighted by Gasteiger charge is -1.99. The smallest absolute Gasteiger partial charge is 0.270 e. The number of aryl methyl sites for hydroxylation is 1. The van der Waals surface area contributed by atoms with Gasteiger partial charge in [0.05, 0.1) is 9.85 Å². The zero-order valence-electron chi connectivity index (χ0n) is 23.0. The van der Waals surface area contributed by atoms with E-state index in [1.54, 1.807) is 12.1 Å². The number of nitrogens with two attached hydrogens (primary N) is 1. The average Bonchev–Trinajstić information content (AvgIpc) is 2.96. The molecule has 3 aromatic carbocycles. The van der Waals surface area contributed by atoms with Crippen molar-refractivity contribution in [3.05, 3.63) is 128 Å². The Kier molecular flexibility index (Phi) is 19.0. The summed E-state index contributed by atoms with van der Waals surface area (Å²) in [5.74, 6) is 0. The van der Waals surface area contributed by atoms with E-state index in [9.17, 15) is 25.0 Å². The topological polar surface area (TPSA) is 129 Å². The van der Waals surface area contributed by atoms with E-state index in [2.05, 4.69) is 32.6 Å². The molecule has 0 saturated heterocycles. The first-order chi connectivity index (χ1) is 18.7. The van der Waals surface area contributed by atoms with Crippen molar-refractivity contribution < 1.29 is 14.6 Å². The molecule has 39 heavy (non-hydrogen) atoms. The van der Waals surface area contributed by atoms with Gasteiger partial charge in [-0.2, -0.15) is 0 Å². The largest absolute Gasteiger partial charge is 0.399 e. The number of carbonyl (C=O) groups excluding carboxylic acids is 1. The zero-order chi connectivity index (χ0) is 29.5. The lowest BCUT2D eigenvalue weighted by Crippen LogP contribution is -1.88. The molecule has 0 radical (unpaired) electrons. The standard InChI is InChI=1S/C10H11NO2.C10H15N.C7H5NO3.C4H8/c1-2-3-5-9-6-4-7-10(8-9)11(12)13;1-2-3-5-9-6-4-7-10(11)8-9;9-5-6-2-1-3-7(4-6)8(10)11;1-3-4-2/h3-8H,2H2,1H3;4,6-8H,2-3,5,11H2,1H3;1-5H;3H,1,4H2,2H3. The molecule has 3 rings (SSSR count). The molecule has 8 heteroatoms. The molecule has 2 N–H and O–H groups in total. The van der Waals surface area contributed by atoms with Crippen LogP contribution < -0.4 is 5.73 Å². The van der Waals surface area contributed by atoms with Crippen LogP contribution in [0.1, 0.15) is 67.9 Å². The Morgan fingerprint density at radius 1 is 0.821 bits per heavy atom. The van der Waals surface area contributed by atoms with Gasteiger partial charge in [-0.05, 0) is 48.9 Å². The third kappa shape index (κ3) is 16.7. The number of hydrogen-bond donors (Lipinski definition) is 1. The molecule has 0 aliphatic heterocycles. The third-order valence-electron chi connectivity index (χ3n) is 4.90. The lowest BCUT2D eigenvalue weighted by molar-refractivity contribution is -0.385. The monoisotopic (exact) mass is 533 g/mol. The van der Waals surface area contributed by atoms with Gasteiger partial charge in [-0.15, -0.1) is 6.58 Å². The van der Waals surface area contributed by atoms with Gasteiger partial charge >= 0.3 is 0 Å². The highest BCUT2D eigenvalue weighted by Gasteiger charge is 2.04. The van der Waals surface area contributed by atoms with Crippen molar-refractivity contribution >= 4 is 29.4 Å². The number of nitrogen functional groups attached to an aromatic ring is 1. The normalized spacial score (nSPS) is 9.51. The Morgan fingerprint density at radius 3 is 1.82 bits per heavy atom. The van der Waals surface area contributed by atoms with Crippen LogP contribution in [0.5, 0.6) is 0 Å². The minimum Gasteiger partial charge on any atom is -0.399 e. The second kappa shape index (κ2) is 21.5. The van der Waals surface area contributed by atoms with Crippen LogP contribution in [-0.4, -0.2) is 16.1 Å². The van der Waals surface area contributed by atoms with Gasteiger partial charge in [0, 0.05) is 35.5 Å². The molecule has 0 heterocycles. The van der Waals surface area contributed by atoms with Crippen LogP contribution in [0.15, 0.2) is 91.5 Å². The number of aldehydes is 1. The molecule has 0 unspecified atom stereocenters. The highest BCUT2D eigenvalue weighted by Crippen LogP contribution is 2.14. The number of rotatable bonds is 9. The highest BCUT2D eigenvalue weighted by atomic mass is 16.6. The lowest BCUT2D eigenvalue weighted by atomic mass is 10.1. The fraction of sp³-hybridized carbons (Fsp3) is 0.258. The first-order valence-corrected chi connectivity index (χ1v) is 12.8. The van der Waals surface area contributed by atoms with Crippen molar-refractivity contribution in [1.82, 2.24) is 0 Å². The van der Waals surface area contributed by atoms with Crippen LogP contribution >= 0.6 is 0 Å². The summed E-state index contributed by atoms with van der Waals surface area (Å²) in [4.78, 5) is 29.8. The molecule has 0 fully saturated rings. The number of carbonyl (C=O) groups is 1. The van der Waals surface area contributed by atoms with Crippen molar-refractivity contribution in [2.24, 2.45) is 0 Å². The number of allylic oxidation sites excluding steroid dienone is 2. The molecule has 0 spiro atoms. The summed E-state index contributed by atoms with van der Waals surface area (Å²) >= 11 is 0. The van der Waals surface area contributed by atoms with E-state index in [0.29, 0.717) is 11.8 Å². The van der Waals surface area contributed by atoms with Gasteiger partial charge in [0.15, 0.2) is 0 Å². The fourth-order valence-corrected chi connectivity index (χ4v) is 2.84. The number of anilines is 1. The first kappa shape index (κ1) is 34.4. The SMILES string of the molecule is C=CCC.CCC=Cc1cccc([N+](=O)[O-])c1.CCCCc1cccc(N)c1.O=Cc1cccc([N+](=O)[O-])c1. The van der Waals surface area contributed by atoms with Crippen LogP contribution in [-0.2, 0) is 6.42 Å². The van der Waals surface area contributed by atoms with Gasteiger partial charge in [-0.25, -0.2) is 0 Å². The average molecular weight is 534 g/mol. The van der Waals surface area contributed by atoms with E-state index in [1.807, 2.05) is 43.4 Å². The number of benzene rings is 3. The molecule has 0 aliphatic rings. The van der Waals surface area contributed by atoms with E-state index in [-0.39, 0.29) is 16.3 Å². The molecule has 8 nitrogen and oxygen atoms in total. The predicted molar refractivity (Wildman–Crippen MR) is 161 cm³/mol. The number of hydrogen-bond acceptors (Lipinski definition) is 6. The molecule has 0 aliphatic carbocycles. The summed E-state index contributed by atoms with van der Waals surface area (Å²) in [6.45, 7) is 9.76. The summed E-state index contributed by atoms with van der Waals surface area (Å²) < 4.78 is 0. The summed E-state index contributed by atoms with van der Waals surface area (Å²) in [6, 6.07) is 20.3. The summed E-state index contributed by atoms with van der Waals surface area (Å²) in [6.07, 6.45) is 12.0. The van der Waals surface area contributed by atoms with Crippen LogP contribution in [0.4, 0.5) is 17.1 Å². The molecule has 0 bridgehead atoms.